The van der Waals surface area contributed by atoms with Crippen molar-refractivity contribution in [1.29, 1.82) is 0 Å². The third-order valence-corrected chi connectivity index (χ3v) is 1.25. The van der Waals surface area contributed by atoms with E-state index in [9.17, 15) is 17.2 Å². The number of nitrogens with one attached hydrogen (secondary N) is 1. The second-order valence-electron chi connectivity index (χ2n) is 1.00. The van der Waals surface area contributed by atoms with Crippen molar-refractivity contribution in [2.24, 2.45) is 0 Å². The van der Waals surface area contributed by atoms with Crippen molar-refractivity contribution in [3.8, 4) is 0 Å². The van der Waals surface area contributed by atoms with Crippen LogP contribution in [0.25, 0.3) is 0 Å². The maximum Gasteiger partial charge on any atom is 1.00 e. The number of alkyl halides is 2. The second kappa shape index (κ2) is 5.18. The summed E-state index contributed by atoms with van der Waals surface area (Å²) in [7, 11) is -3.96. The Bertz CT molecular complexity index is 151. The number of hydrogen-bond donors (Lipinski definition) is 1. The van der Waals surface area contributed by atoms with Gasteiger partial charge in [-0.2, -0.15) is 4.72 Å². The molecule has 0 fully saturated rings. The van der Waals surface area contributed by atoms with Crippen LogP contribution in [0.1, 0.15) is 1.43 Å². The first kappa shape index (κ1) is 12.1. The van der Waals surface area contributed by atoms with E-state index in [-0.39, 0.29) is 20.3 Å². The molecule has 0 aromatic heterocycles. The van der Waals surface area contributed by atoms with E-state index in [1.807, 2.05) is 0 Å². The molecule has 0 aliphatic carbocycles. The average Bonchev–Trinajstić information content (AvgIpc) is 1.67. The standard InChI is InChI=1S/C2H5F2NO2S.Li.H/c3-1-5-8(6,7)2-4;;/h5H,1-2H2;;/q;+1;-1. The van der Waals surface area contributed by atoms with Crippen molar-refractivity contribution in [3.63, 3.8) is 0 Å². The van der Waals surface area contributed by atoms with Crippen molar-refractivity contribution < 1.29 is 37.5 Å². The maximum atomic E-state index is 11.1. The maximum absolute atomic E-state index is 11.1. The van der Waals surface area contributed by atoms with E-state index in [0.717, 1.165) is 0 Å². The molecule has 0 saturated heterocycles. The van der Waals surface area contributed by atoms with E-state index in [1.165, 1.54) is 4.72 Å². The van der Waals surface area contributed by atoms with Crippen molar-refractivity contribution in [2.45, 2.75) is 0 Å². The van der Waals surface area contributed by atoms with Crippen molar-refractivity contribution >= 4 is 10.0 Å². The minimum absolute atomic E-state index is 0. The number of rotatable bonds is 3. The summed E-state index contributed by atoms with van der Waals surface area (Å²) < 4.78 is 43.2. The van der Waals surface area contributed by atoms with Gasteiger partial charge >= 0.3 is 18.9 Å². The molecule has 0 aromatic carbocycles. The SMILES string of the molecule is O=S(=O)(CF)NCF.[H-].[Li+]. The van der Waals surface area contributed by atoms with E-state index >= 15 is 0 Å². The fraction of sp³-hybridized carbons (Fsp3) is 1.00. The summed E-state index contributed by atoms with van der Waals surface area (Å²) in [4.78, 5) is 0. The Morgan fingerprint density at radius 2 is 1.89 bits per heavy atom. The molecule has 7 heteroatoms. The Balaban J connectivity index is -0.000000245. The van der Waals surface area contributed by atoms with Crippen LogP contribution in [0.15, 0.2) is 0 Å². The van der Waals surface area contributed by atoms with Gasteiger partial charge in [-0.05, 0) is 0 Å². The molecule has 0 amide bonds. The Hall–Kier alpha value is 0.367. The van der Waals surface area contributed by atoms with Gasteiger partial charge in [0.15, 0.2) is 6.80 Å². The Labute approximate surface area is 65.5 Å². The zero-order chi connectivity index (χ0) is 6.62. The smallest absolute Gasteiger partial charge is 1.00 e. The van der Waals surface area contributed by atoms with E-state index < -0.39 is 22.8 Å². The molecule has 3 nitrogen and oxygen atoms in total. The molecular weight excluding hydrogens is 147 g/mol. The molecule has 0 unspecified atom stereocenters. The van der Waals surface area contributed by atoms with Crippen LogP contribution < -0.4 is 23.6 Å². The molecule has 0 heterocycles. The molecule has 0 spiro atoms. The van der Waals surface area contributed by atoms with Crippen molar-refractivity contribution in [3.05, 3.63) is 0 Å². The first-order valence-corrected chi connectivity index (χ1v) is 3.37. The Morgan fingerprint density at radius 3 is 2.00 bits per heavy atom. The van der Waals surface area contributed by atoms with Crippen LogP contribution in [0.5, 0.6) is 0 Å². The van der Waals surface area contributed by atoms with Crippen molar-refractivity contribution in [2.75, 3.05) is 12.8 Å². The molecule has 0 aliphatic heterocycles. The van der Waals surface area contributed by atoms with Crippen LogP contribution in [-0.4, -0.2) is 21.2 Å². The topological polar surface area (TPSA) is 46.2 Å². The van der Waals surface area contributed by atoms with E-state index in [4.69, 9.17) is 0 Å². The van der Waals surface area contributed by atoms with Gasteiger partial charge in [0.1, 0.15) is 0 Å². The molecule has 0 atom stereocenters. The number of sulfonamides is 1. The molecule has 0 aliphatic rings. The third-order valence-electron chi connectivity index (χ3n) is 0.418. The van der Waals surface area contributed by atoms with E-state index in [1.54, 1.807) is 0 Å². The summed E-state index contributed by atoms with van der Waals surface area (Å²) in [5, 5.41) is 0. The molecule has 0 aromatic rings. The van der Waals surface area contributed by atoms with Gasteiger partial charge in [-0.15, -0.1) is 0 Å². The second-order valence-corrected chi connectivity index (χ2v) is 2.74. The Kier molecular flexibility index (Phi) is 6.95. The third kappa shape index (κ3) is 6.25. The number of halogens is 2. The van der Waals surface area contributed by atoms with Gasteiger partial charge in [-0.1, -0.05) is 0 Å². The van der Waals surface area contributed by atoms with Gasteiger partial charge in [0, 0.05) is 0 Å². The van der Waals surface area contributed by atoms with Gasteiger partial charge < -0.3 is 1.43 Å². The van der Waals surface area contributed by atoms with E-state index in [0.29, 0.717) is 0 Å². The van der Waals surface area contributed by atoms with Crippen LogP contribution in [0.4, 0.5) is 8.78 Å². The molecule has 52 valence electrons. The summed E-state index contributed by atoms with van der Waals surface area (Å²) in [5.41, 5.74) is 0. The summed E-state index contributed by atoms with van der Waals surface area (Å²) in [5.74, 6) is 0. The average molecular weight is 153 g/mol. The summed E-state index contributed by atoms with van der Waals surface area (Å²) in [6.07, 6.45) is 0. The minimum Gasteiger partial charge on any atom is -1.00 e. The quantitative estimate of drug-likeness (QED) is 0.344. The molecule has 0 bridgehead atoms. The first-order valence-electron chi connectivity index (χ1n) is 1.71. The summed E-state index contributed by atoms with van der Waals surface area (Å²) in [6, 6.07) is -1.57. The van der Waals surface area contributed by atoms with Crippen LogP contribution in [0.2, 0.25) is 0 Å². The number of hydrogen-bond acceptors (Lipinski definition) is 2. The molecule has 0 saturated carbocycles. The predicted molar refractivity (Wildman–Crippen MR) is 25.1 cm³/mol. The summed E-state index contributed by atoms with van der Waals surface area (Å²) >= 11 is 0. The fourth-order valence-electron chi connectivity index (χ4n) is 0.122. The molecule has 1 N–H and O–H groups in total. The van der Waals surface area contributed by atoms with E-state index in [2.05, 4.69) is 0 Å². The molecule has 9 heavy (non-hydrogen) atoms. The zero-order valence-electron chi connectivity index (χ0n) is 5.89. The van der Waals surface area contributed by atoms with Crippen LogP contribution >= 0.6 is 0 Å². The van der Waals surface area contributed by atoms with Crippen LogP contribution in [0, 0.1) is 0 Å². The monoisotopic (exact) mass is 153 g/mol. The Morgan fingerprint density at radius 1 is 1.44 bits per heavy atom. The minimum atomic E-state index is -3.96. The predicted octanol–water partition coefficient (Wildman–Crippen LogP) is -3.12. The first-order chi connectivity index (χ1) is 3.62. The van der Waals surface area contributed by atoms with Crippen molar-refractivity contribution in [1.82, 2.24) is 4.72 Å². The largest absolute Gasteiger partial charge is 1.00 e. The summed E-state index contributed by atoms with van der Waals surface area (Å²) in [6.45, 7) is -1.26. The van der Waals surface area contributed by atoms with Gasteiger partial charge in [0.05, 0.1) is 0 Å². The van der Waals surface area contributed by atoms with Gasteiger partial charge in [0.2, 0.25) is 16.0 Å². The normalized spacial score (nSPS) is 10.4. The van der Waals surface area contributed by atoms with Gasteiger partial charge in [-0.25, -0.2) is 17.2 Å². The zero-order valence-corrected chi connectivity index (χ0v) is 5.71. The van der Waals surface area contributed by atoms with Gasteiger partial charge in [-0.3, -0.25) is 0 Å². The van der Waals surface area contributed by atoms with Gasteiger partial charge in [0.25, 0.3) is 0 Å². The molecule has 0 radical (unpaired) electrons. The fourth-order valence-corrected chi connectivity index (χ4v) is 0.365. The molecular formula is C2H6F2LiNO2S. The van der Waals surface area contributed by atoms with Crippen LogP contribution in [-0.2, 0) is 10.0 Å². The molecule has 0 rings (SSSR count). The van der Waals surface area contributed by atoms with Crippen LogP contribution in [0.3, 0.4) is 0 Å².